The normalized spacial score (nSPS) is 17.1. The molecule has 0 saturated heterocycles. The van der Waals surface area contributed by atoms with Crippen LogP contribution in [0, 0.1) is 0 Å². The van der Waals surface area contributed by atoms with Crippen molar-refractivity contribution in [2.24, 2.45) is 10.1 Å². The van der Waals surface area contributed by atoms with Crippen LogP contribution in [0.5, 0.6) is 11.5 Å². The van der Waals surface area contributed by atoms with Crippen LogP contribution in [0.1, 0.15) is 38.9 Å². The van der Waals surface area contributed by atoms with E-state index in [1.807, 2.05) is 50.2 Å². The quantitative estimate of drug-likeness (QED) is 0.609. The summed E-state index contributed by atoms with van der Waals surface area (Å²) in [5.74, 6) is 1.96. The van der Waals surface area contributed by atoms with Crippen molar-refractivity contribution in [2.45, 2.75) is 33.4 Å². The number of amidine groups is 1. The Hall–Kier alpha value is -2.52. The number of ether oxygens (including phenoxy) is 2. The number of fused-ring (bicyclic) bond motifs is 2. The van der Waals surface area contributed by atoms with Gasteiger partial charge >= 0.3 is 0 Å². The average Bonchev–Trinajstić information content (AvgIpc) is 2.79. The highest BCUT2D eigenvalue weighted by molar-refractivity contribution is 9.10. The summed E-state index contributed by atoms with van der Waals surface area (Å²) in [6, 6.07) is 11.5. The maximum atomic E-state index is 13.1. The van der Waals surface area contributed by atoms with E-state index in [1.54, 1.807) is 5.01 Å². The largest absolute Gasteiger partial charge is 0.490 e. The van der Waals surface area contributed by atoms with E-state index in [0.717, 1.165) is 32.8 Å². The topological polar surface area (TPSA) is 75.5 Å². The molecule has 1 atom stereocenters. The van der Waals surface area contributed by atoms with E-state index in [0.29, 0.717) is 35.6 Å². The Morgan fingerprint density at radius 3 is 2.69 bits per heavy atom. The predicted molar refractivity (Wildman–Crippen MR) is 130 cm³/mol. The molecule has 2 heterocycles. The third-order valence-electron chi connectivity index (χ3n) is 4.88. The number of hydrogen-bond donors (Lipinski definition) is 1. The van der Waals surface area contributed by atoms with Gasteiger partial charge < -0.3 is 9.47 Å². The second-order valence-electron chi connectivity index (χ2n) is 7.12. The van der Waals surface area contributed by atoms with Gasteiger partial charge in [0.05, 0.1) is 23.0 Å². The van der Waals surface area contributed by atoms with Gasteiger partial charge in [0.25, 0.3) is 5.91 Å². The van der Waals surface area contributed by atoms with E-state index in [4.69, 9.17) is 19.6 Å². The highest BCUT2D eigenvalue weighted by Crippen LogP contribution is 2.41. The minimum Gasteiger partial charge on any atom is -0.490 e. The molecule has 0 unspecified atom stereocenters. The van der Waals surface area contributed by atoms with Crippen LogP contribution >= 0.6 is 27.7 Å². The fraction of sp³-hybridized carbons (Fsp3) is 0.348. The average molecular weight is 517 g/mol. The fourth-order valence-corrected chi connectivity index (χ4v) is 4.87. The standard InChI is InChI=1S/C23H25BrN4O3S/c1-4-11-32-23-26-22(29)19-15-9-7-8-10-17(15)25-21(28(19)27-23)14-12-16(24)20(31-6-3)18(13-14)30-5-2/h7-10,12-13,21H,4-6,11H2,1-3H3,(H,26,27,29)/t21-/m1/s1. The molecular weight excluding hydrogens is 492 g/mol. The van der Waals surface area contributed by atoms with Gasteiger partial charge in [-0.15, -0.1) is 5.10 Å². The number of halogens is 1. The van der Waals surface area contributed by atoms with Gasteiger partial charge in [-0.25, -0.2) is 5.01 Å². The second kappa shape index (κ2) is 9.95. The van der Waals surface area contributed by atoms with Crippen LogP contribution in [-0.2, 0) is 4.79 Å². The predicted octanol–water partition coefficient (Wildman–Crippen LogP) is 3.53. The van der Waals surface area contributed by atoms with Crippen LogP contribution in [0.15, 0.2) is 51.0 Å². The van der Waals surface area contributed by atoms with Gasteiger partial charge in [0.1, 0.15) is 5.70 Å². The van der Waals surface area contributed by atoms with Gasteiger partial charge in [0.2, 0.25) is 0 Å². The summed E-state index contributed by atoms with van der Waals surface area (Å²) >= 11 is 5.15. The lowest BCUT2D eigenvalue weighted by molar-refractivity contribution is -0.116. The maximum Gasteiger partial charge on any atom is 0.276 e. The number of hydrazone groups is 1. The van der Waals surface area contributed by atoms with Crippen LogP contribution < -0.4 is 25.4 Å². The number of nitrogens with one attached hydrogen (secondary N) is 1. The molecule has 168 valence electrons. The minimum atomic E-state index is -0.519. The van der Waals surface area contributed by atoms with Crippen LogP contribution in [-0.4, -0.2) is 35.1 Å². The molecule has 2 aromatic carbocycles. The lowest BCUT2D eigenvalue weighted by Crippen LogP contribution is -2.50. The molecule has 0 saturated carbocycles. The summed E-state index contributed by atoms with van der Waals surface area (Å²) in [5.41, 5.74) is 1.33. The molecule has 2 aromatic rings. The molecule has 9 heteroatoms. The molecule has 1 amide bonds. The number of para-hydroxylation sites is 1. The van der Waals surface area contributed by atoms with Crippen LogP contribution in [0.3, 0.4) is 0 Å². The molecule has 0 spiro atoms. The molecule has 7 nitrogen and oxygen atoms in total. The SMILES string of the molecule is CCCSC1=NN2C(=c3ccccc3=N[C@H]2c2cc(Br)c(OCC)c(OCC)c2)C(=O)N1. The van der Waals surface area contributed by atoms with E-state index in [9.17, 15) is 4.79 Å². The van der Waals surface area contributed by atoms with Crippen molar-refractivity contribution >= 4 is 44.5 Å². The summed E-state index contributed by atoms with van der Waals surface area (Å²) in [7, 11) is 0. The third-order valence-corrected chi connectivity index (χ3v) is 6.54. The minimum absolute atomic E-state index is 0.180. The first-order valence-electron chi connectivity index (χ1n) is 10.7. The zero-order valence-electron chi connectivity index (χ0n) is 18.2. The molecule has 0 fully saturated rings. The molecule has 0 aliphatic carbocycles. The molecule has 0 radical (unpaired) electrons. The molecule has 2 aliphatic heterocycles. The number of hydrogen-bond acceptors (Lipinski definition) is 7. The first-order valence-corrected chi connectivity index (χ1v) is 12.4. The van der Waals surface area contributed by atoms with Crippen molar-refractivity contribution in [3.8, 4) is 11.5 Å². The number of carbonyl (C=O) groups excluding carboxylic acids is 1. The van der Waals surface area contributed by atoms with Crippen molar-refractivity contribution in [2.75, 3.05) is 19.0 Å². The molecule has 4 rings (SSSR count). The van der Waals surface area contributed by atoms with E-state index in [1.165, 1.54) is 11.8 Å². The number of nitrogens with zero attached hydrogens (tertiary/aromatic N) is 3. The van der Waals surface area contributed by atoms with Crippen molar-refractivity contribution in [1.82, 2.24) is 10.3 Å². The number of rotatable bonds is 7. The van der Waals surface area contributed by atoms with E-state index in [-0.39, 0.29) is 5.91 Å². The zero-order valence-corrected chi connectivity index (χ0v) is 20.6. The molecular formula is C23H25BrN4O3S. The smallest absolute Gasteiger partial charge is 0.276 e. The Kier molecular flexibility index (Phi) is 7.05. The second-order valence-corrected chi connectivity index (χ2v) is 9.05. The van der Waals surface area contributed by atoms with Gasteiger partial charge in [-0.3, -0.25) is 15.1 Å². The Morgan fingerprint density at radius 1 is 1.16 bits per heavy atom. The fourth-order valence-electron chi connectivity index (χ4n) is 3.59. The first-order chi connectivity index (χ1) is 15.6. The lowest BCUT2D eigenvalue weighted by Gasteiger charge is -2.34. The third kappa shape index (κ3) is 4.36. The van der Waals surface area contributed by atoms with Crippen molar-refractivity contribution < 1.29 is 14.3 Å². The zero-order chi connectivity index (χ0) is 22.7. The van der Waals surface area contributed by atoms with Gasteiger partial charge in [0, 0.05) is 16.5 Å². The molecule has 0 bridgehead atoms. The molecule has 0 aromatic heterocycles. The summed E-state index contributed by atoms with van der Waals surface area (Å²) < 4.78 is 12.4. The summed E-state index contributed by atoms with van der Waals surface area (Å²) in [5, 5.41) is 11.5. The number of benzene rings is 2. The Balaban J connectivity index is 1.89. The monoisotopic (exact) mass is 516 g/mol. The highest BCUT2D eigenvalue weighted by Gasteiger charge is 2.35. The Morgan fingerprint density at radius 2 is 1.94 bits per heavy atom. The van der Waals surface area contributed by atoms with Gasteiger partial charge in [0.15, 0.2) is 22.8 Å². The summed E-state index contributed by atoms with van der Waals surface area (Å²) in [6.45, 7) is 6.98. The van der Waals surface area contributed by atoms with Crippen molar-refractivity contribution in [3.05, 3.63) is 57.0 Å². The van der Waals surface area contributed by atoms with Crippen LogP contribution in [0.2, 0.25) is 0 Å². The van der Waals surface area contributed by atoms with Gasteiger partial charge in [-0.2, -0.15) is 0 Å². The number of carbonyl (C=O) groups is 1. The van der Waals surface area contributed by atoms with Gasteiger partial charge in [-0.1, -0.05) is 36.9 Å². The highest BCUT2D eigenvalue weighted by atomic mass is 79.9. The number of amides is 1. The summed E-state index contributed by atoms with van der Waals surface area (Å²) in [6.07, 6.45) is 0.463. The molecule has 1 N–H and O–H groups in total. The molecule has 2 aliphatic rings. The summed E-state index contributed by atoms with van der Waals surface area (Å²) in [4.78, 5) is 18.1. The molecule has 32 heavy (non-hydrogen) atoms. The van der Waals surface area contributed by atoms with Gasteiger partial charge in [-0.05, 0) is 54.4 Å². The maximum absolute atomic E-state index is 13.1. The first kappa shape index (κ1) is 22.7. The van der Waals surface area contributed by atoms with Crippen molar-refractivity contribution in [1.29, 1.82) is 0 Å². The van der Waals surface area contributed by atoms with Crippen LogP contribution in [0.25, 0.3) is 5.70 Å². The van der Waals surface area contributed by atoms with E-state index < -0.39 is 6.17 Å². The number of thioether (sulfide) groups is 1. The lowest BCUT2D eigenvalue weighted by atomic mass is 10.1. The van der Waals surface area contributed by atoms with Crippen molar-refractivity contribution in [3.63, 3.8) is 0 Å². The Labute approximate surface area is 199 Å². The van der Waals surface area contributed by atoms with E-state index >= 15 is 0 Å². The Bertz CT molecular complexity index is 1180. The van der Waals surface area contributed by atoms with E-state index in [2.05, 4.69) is 28.2 Å². The van der Waals surface area contributed by atoms with Crippen LogP contribution in [0.4, 0.5) is 0 Å².